The third kappa shape index (κ3) is 2.55. The molecular formula is C12H17N3O2. The molecule has 1 fully saturated rings. The van der Waals surface area contributed by atoms with Crippen LogP contribution in [0.4, 0.5) is 11.4 Å². The maximum absolute atomic E-state index is 10.9. The predicted molar refractivity (Wildman–Crippen MR) is 67.3 cm³/mol. The Bertz CT molecular complexity index is 434. The topological polar surface area (TPSA) is 72.4 Å². The fourth-order valence-electron chi connectivity index (χ4n) is 2.24. The van der Waals surface area contributed by atoms with Gasteiger partial charge in [-0.25, -0.2) is 0 Å². The molecule has 5 heteroatoms. The number of nitrogens with zero attached hydrogens (tertiary/aromatic N) is 2. The van der Waals surface area contributed by atoms with Crippen molar-refractivity contribution < 1.29 is 4.92 Å². The molecule has 1 unspecified atom stereocenters. The summed E-state index contributed by atoms with van der Waals surface area (Å²) in [6.45, 7) is 3.46. The molecule has 0 spiro atoms. The Labute approximate surface area is 100 Å². The zero-order valence-electron chi connectivity index (χ0n) is 9.93. The second-order valence-electron chi connectivity index (χ2n) is 4.58. The minimum atomic E-state index is -0.331. The van der Waals surface area contributed by atoms with Crippen LogP contribution in [-0.4, -0.2) is 24.1 Å². The lowest BCUT2D eigenvalue weighted by atomic mass is 10.1. The van der Waals surface area contributed by atoms with Crippen LogP contribution in [0.15, 0.2) is 18.2 Å². The molecule has 1 aliphatic rings. The van der Waals surface area contributed by atoms with Crippen molar-refractivity contribution in [1.82, 2.24) is 0 Å². The molecule has 0 saturated carbocycles. The maximum atomic E-state index is 10.9. The van der Waals surface area contributed by atoms with Gasteiger partial charge in [0.25, 0.3) is 5.69 Å². The van der Waals surface area contributed by atoms with E-state index in [0.717, 1.165) is 31.6 Å². The minimum absolute atomic E-state index is 0.170. The van der Waals surface area contributed by atoms with E-state index in [1.807, 2.05) is 6.07 Å². The summed E-state index contributed by atoms with van der Waals surface area (Å²) in [6.07, 6.45) is 2.08. The van der Waals surface area contributed by atoms with Crippen LogP contribution in [0, 0.1) is 17.0 Å². The highest BCUT2D eigenvalue weighted by Crippen LogP contribution is 2.26. The fraction of sp³-hybridized carbons (Fsp3) is 0.500. The normalized spacial score (nSPS) is 20.4. The van der Waals surface area contributed by atoms with E-state index >= 15 is 0 Å². The average Bonchev–Trinajstić information content (AvgIpc) is 2.29. The number of benzene rings is 1. The highest BCUT2D eigenvalue weighted by Gasteiger charge is 2.19. The zero-order valence-corrected chi connectivity index (χ0v) is 9.93. The zero-order chi connectivity index (χ0) is 12.4. The Morgan fingerprint density at radius 3 is 2.94 bits per heavy atom. The number of hydrogen-bond acceptors (Lipinski definition) is 4. The molecule has 0 radical (unpaired) electrons. The number of nitro benzene ring substituents is 1. The minimum Gasteiger partial charge on any atom is -0.370 e. The molecule has 0 bridgehead atoms. The molecule has 1 aromatic carbocycles. The Balaban J connectivity index is 2.26. The van der Waals surface area contributed by atoms with E-state index in [1.54, 1.807) is 19.1 Å². The van der Waals surface area contributed by atoms with Crippen molar-refractivity contribution in [1.29, 1.82) is 0 Å². The summed E-state index contributed by atoms with van der Waals surface area (Å²) in [5, 5.41) is 10.9. The van der Waals surface area contributed by atoms with Crippen molar-refractivity contribution in [3.05, 3.63) is 33.9 Å². The van der Waals surface area contributed by atoms with Crippen molar-refractivity contribution in [2.24, 2.45) is 5.73 Å². The number of aryl methyl sites for hydroxylation is 1. The van der Waals surface area contributed by atoms with Gasteiger partial charge in [-0.3, -0.25) is 10.1 Å². The van der Waals surface area contributed by atoms with E-state index in [9.17, 15) is 10.1 Å². The summed E-state index contributed by atoms with van der Waals surface area (Å²) in [5.41, 5.74) is 7.69. The van der Waals surface area contributed by atoms with Gasteiger partial charge in [0.1, 0.15) is 0 Å². The van der Waals surface area contributed by atoms with Crippen molar-refractivity contribution in [2.75, 3.05) is 18.0 Å². The second kappa shape index (κ2) is 4.71. The van der Waals surface area contributed by atoms with Crippen LogP contribution < -0.4 is 10.6 Å². The van der Waals surface area contributed by atoms with Gasteiger partial charge in [-0.1, -0.05) is 6.07 Å². The molecule has 17 heavy (non-hydrogen) atoms. The van der Waals surface area contributed by atoms with Gasteiger partial charge in [-0.2, -0.15) is 0 Å². The molecule has 5 nitrogen and oxygen atoms in total. The lowest BCUT2D eigenvalue weighted by Gasteiger charge is -2.32. The Morgan fingerprint density at radius 1 is 1.53 bits per heavy atom. The summed E-state index contributed by atoms with van der Waals surface area (Å²) >= 11 is 0. The van der Waals surface area contributed by atoms with Gasteiger partial charge in [-0.05, 0) is 25.8 Å². The summed E-state index contributed by atoms with van der Waals surface area (Å²) in [6, 6.07) is 5.55. The monoisotopic (exact) mass is 235 g/mol. The molecule has 92 valence electrons. The van der Waals surface area contributed by atoms with Crippen molar-refractivity contribution in [3.8, 4) is 0 Å². The third-order valence-corrected chi connectivity index (χ3v) is 3.21. The second-order valence-corrected chi connectivity index (χ2v) is 4.58. The van der Waals surface area contributed by atoms with Crippen LogP contribution in [-0.2, 0) is 0 Å². The van der Waals surface area contributed by atoms with Gasteiger partial charge in [0.15, 0.2) is 0 Å². The number of nitro groups is 1. The molecule has 2 N–H and O–H groups in total. The van der Waals surface area contributed by atoms with E-state index in [1.165, 1.54) is 0 Å². The molecule has 0 aromatic heterocycles. The molecule has 1 saturated heterocycles. The molecule has 0 amide bonds. The first kappa shape index (κ1) is 11.9. The molecule has 2 rings (SSSR count). The number of rotatable bonds is 2. The van der Waals surface area contributed by atoms with E-state index in [-0.39, 0.29) is 16.7 Å². The number of nitrogens with two attached hydrogens (primary N) is 1. The Hall–Kier alpha value is -1.62. The molecular weight excluding hydrogens is 218 g/mol. The van der Waals surface area contributed by atoms with Crippen LogP contribution in [0.3, 0.4) is 0 Å². The van der Waals surface area contributed by atoms with E-state index in [0.29, 0.717) is 5.56 Å². The van der Waals surface area contributed by atoms with Gasteiger partial charge < -0.3 is 10.6 Å². The highest BCUT2D eigenvalue weighted by molar-refractivity contribution is 5.56. The highest BCUT2D eigenvalue weighted by atomic mass is 16.6. The van der Waals surface area contributed by atoms with Gasteiger partial charge in [0.05, 0.1) is 4.92 Å². The smallest absolute Gasteiger partial charge is 0.274 e. The number of hydrogen-bond donors (Lipinski definition) is 1. The summed E-state index contributed by atoms with van der Waals surface area (Å²) in [7, 11) is 0. The van der Waals surface area contributed by atoms with Gasteiger partial charge in [-0.15, -0.1) is 0 Å². The fourth-order valence-corrected chi connectivity index (χ4v) is 2.24. The van der Waals surface area contributed by atoms with Gasteiger partial charge in [0, 0.05) is 36.4 Å². The molecule has 1 aliphatic heterocycles. The van der Waals surface area contributed by atoms with E-state index < -0.39 is 0 Å². The quantitative estimate of drug-likeness (QED) is 0.627. The Kier molecular flexibility index (Phi) is 3.28. The first-order chi connectivity index (χ1) is 8.08. The van der Waals surface area contributed by atoms with Gasteiger partial charge in [0.2, 0.25) is 0 Å². The molecule has 1 heterocycles. The first-order valence-electron chi connectivity index (χ1n) is 5.83. The van der Waals surface area contributed by atoms with Crippen LogP contribution in [0.1, 0.15) is 18.4 Å². The number of anilines is 1. The van der Waals surface area contributed by atoms with Crippen LogP contribution >= 0.6 is 0 Å². The first-order valence-corrected chi connectivity index (χ1v) is 5.83. The molecule has 1 atom stereocenters. The van der Waals surface area contributed by atoms with Crippen LogP contribution in [0.2, 0.25) is 0 Å². The summed E-state index contributed by atoms with van der Waals surface area (Å²) in [5.74, 6) is 0. The lowest BCUT2D eigenvalue weighted by molar-refractivity contribution is -0.385. The van der Waals surface area contributed by atoms with Crippen LogP contribution in [0.25, 0.3) is 0 Å². The average molecular weight is 235 g/mol. The Morgan fingerprint density at radius 2 is 2.29 bits per heavy atom. The summed E-state index contributed by atoms with van der Waals surface area (Å²) in [4.78, 5) is 12.7. The third-order valence-electron chi connectivity index (χ3n) is 3.21. The van der Waals surface area contributed by atoms with E-state index in [2.05, 4.69) is 4.90 Å². The standard InChI is InChI=1S/C12H17N3O2/c1-9-4-5-11(7-12(9)15(16)17)14-6-2-3-10(13)8-14/h4-5,7,10H,2-3,6,8,13H2,1H3. The van der Waals surface area contributed by atoms with Crippen molar-refractivity contribution >= 4 is 11.4 Å². The maximum Gasteiger partial charge on any atom is 0.274 e. The largest absolute Gasteiger partial charge is 0.370 e. The van der Waals surface area contributed by atoms with Crippen molar-refractivity contribution in [3.63, 3.8) is 0 Å². The van der Waals surface area contributed by atoms with E-state index in [4.69, 9.17) is 5.73 Å². The lowest BCUT2D eigenvalue weighted by Crippen LogP contribution is -2.42. The summed E-state index contributed by atoms with van der Waals surface area (Å²) < 4.78 is 0. The molecule has 0 aliphatic carbocycles. The van der Waals surface area contributed by atoms with Crippen LogP contribution in [0.5, 0.6) is 0 Å². The SMILES string of the molecule is Cc1ccc(N2CCCC(N)C2)cc1[N+](=O)[O-]. The predicted octanol–water partition coefficient (Wildman–Crippen LogP) is 1.83. The molecule has 1 aromatic rings. The number of piperidine rings is 1. The van der Waals surface area contributed by atoms with Gasteiger partial charge >= 0.3 is 0 Å². The van der Waals surface area contributed by atoms with Crippen molar-refractivity contribution in [2.45, 2.75) is 25.8 Å².